The highest BCUT2D eigenvalue weighted by Crippen LogP contribution is 2.12. The fourth-order valence-electron chi connectivity index (χ4n) is 1.10. The van der Waals surface area contributed by atoms with Crippen LogP contribution in [0.4, 0.5) is 0 Å². The molecule has 0 aliphatic rings. The van der Waals surface area contributed by atoms with Crippen LogP contribution in [0.1, 0.15) is 10.4 Å². The van der Waals surface area contributed by atoms with Crippen LogP contribution in [0.5, 0.6) is 0 Å². The molecular formula is C8H6BrN5O2. The highest BCUT2D eigenvalue weighted by Gasteiger charge is 2.10. The van der Waals surface area contributed by atoms with Gasteiger partial charge in [-0.1, -0.05) is 0 Å². The molecule has 0 fully saturated rings. The van der Waals surface area contributed by atoms with Crippen molar-refractivity contribution in [3.8, 4) is 5.82 Å². The molecule has 2 aromatic rings. The second kappa shape index (κ2) is 3.89. The predicted molar refractivity (Wildman–Crippen MR) is 58.2 cm³/mol. The normalized spacial score (nSPS) is 10.3. The van der Waals surface area contributed by atoms with Crippen molar-refractivity contribution in [2.24, 2.45) is 5.73 Å². The molecule has 0 aromatic carbocycles. The summed E-state index contributed by atoms with van der Waals surface area (Å²) in [6, 6.07) is 0. The second-order valence-electron chi connectivity index (χ2n) is 2.91. The molecule has 0 unspecified atom stereocenters. The van der Waals surface area contributed by atoms with Crippen LogP contribution in [0, 0.1) is 0 Å². The lowest BCUT2D eigenvalue weighted by Crippen LogP contribution is -2.13. The van der Waals surface area contributed by atoms with E-state index in [0.717, 1.165) is 0 Å². The van der Waals surface area contributed by atoms with Crippen LogP contribution in [0.2, 0.25) is 0 Å². The summed E-state index contributed by atoms with van der Waals surface area (Å²) < 4.78 is 1.52. The Morgan fingerprint density at radius 1 is 1.56 bits per heavy atom. The summed E-state index contributed by atoms with van der Waals surface area (Å²) in [5.74, 6) is -0.302. The molecule has 2 aromatic heterocycles. The maximum atomic E-state index is 11.3. The summed E-state index contributed by atoms with van der Waals surface area (Å²) in [6.45, 7) is 0. The first-order chi connectivity index (χ1) is 7.59. The van der Waals surface area contributed by atoms with Gasteiger partial charge in [0, 0.05) is 6.20 Å². The van der Waals surface area contributed by atoms with Gasteiger partial charge in [-0.25, -0.2) is 9.67 Å². The first-order valence-corrected chi connectivity index (χ1v) is 4.97. The highest BCUT2D eigenvalue weighted by molar-refractivity contribution is 9.10. The SMILES string of the molecule is NC(=O)c1cnn(-c2nc[nH]c(=O)c2Br)c1. The smallest absolute Gasteiger partial charge is 0.267 e. The van der Waals surface area contributed by atoms with E-state index in [4.69, 9.17) is 5.73 Å². The van der Waals surface area contributed by atoms with Gasteiger partial charge >= 0.3 is 0 Å². The first kappa shape index (κ1) is 10.6. The van der Waals surface area contributed by atoms with Gasteiger partial charge in [0.05, 0.1) is 18.1 Å². The molecule has 0 aliphatic heterocycles. The number of rotatable bonds is 2. The van der Waals surface area contributed by atoms with Crippen LogP contribution in [0.25, 0.3) is 5.82 Å². The summed E-state index contributed by atoms with van der Waals surface area (Å²) in [7, 11) is 0. The fraction of sp³-hybridized carbons (Fsp3) is 0. The van der Waals surface area contributed by atoms with Crippen molar-refractivity contribution in [2.45, 2.75) is 0 Å². The van der Waals surface area contributed by atoms with Gasteiger partial charge in [0.2, 0.25) is 0 Å². The number of H-pyrrole nitrogens is 1. The Morgan fingerprint density at radius 3 is 2.94 bits per heavy atom. The van der Waals surface area contributed by atoms with Crippen LogP contribution >= 0.6 is 15.9 Å². The monoisotopic (exact) mass is 283 g/mol. The minimum Gasteiger partial charge on any atom is -0.366 e. The number of carbonyl (C=O) groups is 1. The number of amides is 1. The maximum absolute atomic E-state index is 11.3. The van der Waals surface area contributed by atoms with Crippen LogP contribution in [-0.2, 0) is 0 Å². The number of halogens is 1. The molecule has 0 aliphatic carbocycles. The average Bonchev–Trinajstić information content (AvgIpc) is 2.71. The number of hydrogen-bond acceptors (Lipinski definition) is 4. The predicted octanol–water partition coefficient (Wildman–Crippen LogP) is -0.183. The summed E-state index contributed by atoms with van der Waals surface area (Å²) in [5, 5.41) is 3.88. The number of aromatic amines is 1. The number of nitrogens with one attached hydrogen (secondary N) is 1. The zero-order valence-electron chi connectivity index (χ0n) is 7.85. The molecule has 1 amide bonds. The van der Waals surface area contributed by atoms with Crippen LogP contribution in [0.3, 0.4) is 0 Å². The first-order valence-electron chi connectivity index (χ1n) is 4.17. The molecule has 2 heterocycles. The van der Waals surface area contributed by atoms with Crippen LogP contribution < -0.4 is 11.3 Å². The van der Waals surface area contributed by atoms with Crippen LogP contribution in [-0.4, -0.2) is 25.7 Å². The molecular weight excluding hydrogens is 278 g/mol. The molecule has 3 N–H and O–H groups in total. The van der Waals surface area contributed by atoms with Crippen molar-refractivity contribution in [2.75, 3.05) is 0 Å². The Labute approximate surface area is 97.4 Å². The van der Waals surface area contributed by atoms with Crippen molar-refractivity contribution in [1.29, 1.82) is 0 Å². The fourth-order valence-corrected chi connectivity index (χ4v) is 1.50. The molecule has 0 saturated heterocycles. The Bertz CT molecular complexity index is 602. The Hall–Kier alpha value is -1.96. The molecule has 7 nitrogen and oxygen atoms in total. The van der Waals surface area contributed by atoms with Crippen molar-refractivity contribution in [1.82, 2.24) is 19.7 Å². The van der Waals surface area contributed by atoms with E-state index in [9.17, 15) is 9.59 Å². The van der Waals surface area contributed by atoms with Gasteiger partial charge in [-0.05, 0) is 15.9 Å². The van der Waals surface area contributed by atoms with E-state index in [0.29, 0.717) is 0 Å². The Balaban J connectivity index is 2.55. The molecule has 0 bridgehead atoms. The Morgan fingerprint density at radius 2 is 2.31 bits per heavy atom. The average molecular weight is 284 g/mol. The molecule has 82 valence electrons. The molecule has 0 radical (unpaired) electrons. The number of hydrogen-bond donors (Lipinski definition) is 2. The van der Waals surface area contributed by atoms with Gasteiger partial charge in [-0.3, -0.25) is 9.59 Å². The minimum atomic E-state index is -0.591. The van der Waals surface area contributed by atoms with Crippen molar-refractivity contribution >= 4 is 21.8 Å². The van der Waals surface area contributed by atoms with E-state index in [1.807, 2.05) is 0 Å². The summed E-state index contributed by atoms with van der Waals surface area (Å²) in [4.78, 5) is 28.5. The van der Waals surface area contributed by atoms with E-state index in [-0.39, 0.29) is 21.4 Å². The standard InChI is InChI=1S/C8H6BrN5O2/c9-5-7(11-3-12-8(5)16)14-2-4(1-13-14)6(10)15/h1-3H,(H2,10,15)(H,11,12,16). The number of nitrogens with zero attached hydrogens (tertiary/aromatic N) is 3. The minimum absolute atomic E-state index is 0.231. The third kappa shape index (κ3) is 1.74. The van der Waals surface area contributed by atoms with E-state index < -0.39 is 5.91 Å². The van der Waals surface area contributed by atoms with Gasteiger partial charge in [0.1, 0.15) is 4.47 Å². The van der Waals surface area contributed by atoms with Gasteiger partial charge in [-0.15, -0.1) is 0 Å². The lowest BCUT2D eigenvalue weighted by atomic mass is 10.3. The maximum Gasteiger partial charge on any atom is 0.267 e. The quantitative estimate of drug-likeness (QED) is 0.797. The summed E-state index contributed by atoms with van der Waals surface area (Å²) in [5.41, 5.74) is 4.99. The highest BCUT2D eigenvalue weighted by atomic mass is 79.9. The van der Waals surface area contributed by atoms with Gasteiger partial charge in [-0.2, -0.15) is 5.10 Å². The van der Waals surface area contributed by atoms with Gasteiger partial charge in [0.15, 0.2) is 5.82 Å². The largest absolute Gasteiger partial charge is 0.366 e. The molecule has 0 saturated carbocycles. The zero-order chi connectivity index (χ0) is 11.7. The summed E-state index contributed by atoms with van der Waals surface area (Å²) >= 11 is 3.08. The molecule has 16 heavy (non-hydrogen) atoms. The third-order valence-electron chi connectivity index (χ3n) is 1.86. The number of nitrogens with two attached hydrogens (primary N) is 1. The van der Waals surface area contributed by atoms with Gasteiger partial charge < -0.3 is 10.7 Å². The molecule has 8 heteroatoms. The zero-order valence-corrected chi connectivity index (χ0v) is 9.43. The lowest BCUT2D eigenvalue weighted by Gasteiger charge is -2.00. The molecule has 0 spiro atoms. The van der Waals surface area contributed by atoms with E-state index in [2.05, 4.69) is 31.0 Å². The number of primary amides is 1. The number of carbonyl (C=O) groups excluding carboxylic acids is 1. The summed E-state index contributed by atoms with van der Waals surface area (Å²) in [6.07, 6.45) is 3.94. The van der Waals surface area contributed by atoms with Gasteiger partial charge in [0.25, 0.3) is 11.5 Å². The van der Waals surface area contributed by atoms with E-state index in [1.54, 1.807) is 0 Å². The lowest BCUT2D eigenvalue weighted by molar-refractivity contribution is 0.100. The molecule has 0 atom stereocenters. The van der Waals surface area contributed by atoms with Crippen LogP contribution in [0.15, 0.2) is 28.0 Å². The second-order valence-corrected chi connectivity index (χ2v) is 3.70. The van der Waals surface area contributed by atoms with Crippen molar-refractivity contribution in [3.63, 3.8) is 0 Å². The van der Waals surface area contributed by atoms with Crippen molar-refractivity contribution in [3.05, 3.63) is 39.1 Å². The number of aromatic nitrogens is 4. The van der Waals surface area contributed by atoms with E-state index in [1.165, 1.54) is 23.4 Å². The van der Waals surface area contributed by atoms with E-state index >= 15 is 0 Å². The Kier molecular flexibility index (Phi) is 2.57. The third-order valence-corrected chi connectivity index (χ3v) is 2.58. The van der Waals surface area contributed by atoms with Crippen molar-refractivity contribution < 1.29 is 4.79 Å². The molecule has 2 rings (SSSR count). The topological polar surface area (TPSA) is 107 Å².